The largest absolute Gasteiger partial charge is 0.461 e. The number of rotatable bonds is 6. The van der Waals surface area contributed by atoms with Crippen LogP contribution in [0.5, 0.6) is 0 Å². The molecule has 0 aromatic carbocycles. The van der Waals surface area contributed by atoms with Crippen LogP contribution in [0, 0.1) is 5.92 Å². The van der Waals surface area contributed by atoms with Gasteiger partial charge in [0.25, 0.3) is 0 Å². The van der Waals surface area contributed by atoms with Gasteiger partial charge in [-0.05, 0) is 32.7 Å². The van der Waals surface area contributed by atoms with Crippen LogP contribution in [0.2, 0.25) is 0 Å². The van der Waals surface area contributed by atoms with E-state index in [0.29, 0.717) is 12.2 Å². The van der Waals surface area contributed by atoms with Crippen LogP contribution in [0.15, 0.2) is 12.2 Å². The summed E-state index contributed by atoms with van der Waals surface area (Å²) in [5.41, 5.74) is 0.472. The number of hydrogen-bond donors (Lipinski definition) is 0. The molecule has 3 nitrogen and oxygen atoms in total. The average Bonchev–Trinajstić information content (AvgIpc) is 2.30. The Morgan fingerprint density at radius 2 is 2.00 bits per heavy atom. The van der Waals surface area contributed by atoms with Gasteiger partial charge in [0.15, 0.2) is 0 Å². The van der Waals surface area contributed by atoms with Gasteiger partial charge in [0.2, 0.25) is 0 Å². The molecule has 1 rings (SSSR count). The highest BCUT2D eigenvalue weighted by Crippen LogP contribution is 2.23. The van der Waals surface area contributed by atoms with Gasteiger partial charge in [-0.3, -0.25) is 0 Å². The maximum absolute atomic E-state index is 11.2. The van der Waals surface area contributed by atoms with Crippen molar-refractivity contribution in [1.29, 1.82) is 0 Å². The van der Waals surface area contributed by atoms with E-state index in [4.69, 9.17) is 4.74 Å². The third-order valence-electron chi connectivity index (χ3n) is 3.35. The molecule has 0 heterocycles. The minimum absolute atomic E-state index is 0.281. The Labute approximate surface area is 105 Å². The van der Waals surface area contributed by atoms with Crippen molar-refractivity contribution >= 4 is 5.97 Å². The van der Waals surface area contributed by atoms with Crippen molar-refractivity contribution in [2.24, 2.45) is 5.92 Å². The van der Waals surface area contributed by atoms with E-state index in [0.717, 1.165) is 19.0 Å². The van der Waals surface area contributed by atoms with Crippen LogP contribution in [-0.2, 0) is 9.53 Å². The van der Waals surface area contributed by atoms with E-state index in [2.05, 4.69) is 18.5 Å². The van der Waals surface area contributed by atoms with Crippen LogP contribution in [-0.4, -0.2) is 37.6 Å². The quantitative estimate of drug-likeness (QED) is 0.527. The van der Waals surface area contributed by atoms with Crippen molar-refractivity contribution in [3.05, 3.63) is 12.2 Å². The fourth-order valence-corrected chi connectivity index (χ4v) is 2.32. The van der Waals surface area contributed by atoms with Crippen LogP contribution >= 0.6 is 0 Å². The van der Waals surface area contributed by atoms with Crippen molar-refractivity contribution < 1.29 is 9.53 Å². The van der Waals surface area contributed by atoms with Gasteiger partial charge >= 0.3 is 5.97 Å². The van der Waals surface area contributed by atoms with E-state index in [9.17, 15) is 4.79 Å². The first-order valence-corrected chi connectivity index (χ1v) is 6.60. The van der Waals surface area contributed by atoms with E-state index >= 15 is 0 Å². The minimum Gasteiger partial charge on any atom is -0.461 e. The van der Waals surface area contributed by atoms with Crippen LogP contribution in [0.4, 0.5) is 0 Å². The van der Waals surface area contributed by atoms with Crippen LogP contribution in [0.25, 0.3) is 0 Å². The van der Waals surface area contributed by atoms with Crippen LogP contribution in [0.3, 0.4) is 0 Å². The number of carbonyl (C=O) groups excluding carboxylic acids is 1. The Kier molecular flexibility index (Phi) is 6.27. The Morgan fingerprint density at radius 3 is 2.59 bits per heavy atom. The molecule has 1 saturated carbocycles. The summed E-state index contributed by atoms with van der Waals surface area (Å²) in [5, 5.41) is 0. The van der Waals surface area contributed by atoms with Gasteiger partial charge in [-0.2, -0.15) is 0 Å². The summed E-state index contributed by atoms with van der Waals surface area (Å²) in [5.74, 6) is 0.557. The summed E-state index contributed by atoms with van der Waals surface area (Å²) >= 11 is 0. The lowest BCUT2D eigenvalue weighted by atomic mass is 9.89. The van der Waals surface area contributed by atoms with Gasteiger partial charge < -0.3 is 9.64 Å². The molecule has 0 aromatic rings. The molecule has 1 aliphatic rings. The Balaban J connectivity index is 2.10. The SMILES string of the molecule is C=C(C)C(=O)OCCN(C)CC1CCCCC1. The maximum atomic E-state index is 11.2. The molecule has 0 saturated heterocycles. The Morgan fingerprint density at radius 1 is 1.35 bits per heavy atom. The molecule has 0 aliphatic heterocycles. The smallest absolute Gasteiger partial charge is 0.333 e. The van der Waals surface area contributed by atoms with Gasteiger partial charge in [-0.15, -0.1) is 0 Å². The summed E-state index contributed by atoms with van der Waals surface area (Å²) in [6.07, 6.45) is 6.87. The van der Waals surface area contributed by atoms with Crippen molar-refractivity contribution in [3.63, 3.8) is 0 Å². The predicted molar refractivity (Wildman–Crippen MR) is 69.8 cm³/mol. The lowest BCUT2D eigenvalue weighted by Crippen LogP contribution is -2.30. The first-order chi connectivity index (χ1) is 8.09. The average molecular weight is 239 g/mol. The van der Waals surface area contributed by atoms with Gasteiger partial charge in [0, 0.05) is 18.7 Å². The molecule has 98 valence electrons. The number of nitrogens with zero attached hydrogens (tertiary/aromatic N) is 1. The minimum atomic E-state index is -0.281. The number of hydrogen-bond acceptors (Lipinski definition) is 3. The highest BCUT2D eigenvalue weighted by atomic mass is 16.5. The third-order valence-corrected chi connectivity index (χ3v) is 3.35. The molecule has 0 radical (unpaired) electrons. The Bertz CT molecular complexity index is 257. The zero-order valence-electron chi connectivity index (χ0n) is 11.2. The summed E-state index contributed by atoms with van der Waals surface area (Å²) < 4.78 is 5.08. The van der Waals surface area contributed by atoms with Crippen LogP contribution in [0.1, 0.15) is 39.0 Å². The topological polar surface area (TPSA) is 29.5 Å². The predicted octanol–water partition coefficient (Wildman–Crippen LogP) is 2.62. The van der Waals surface area contributed by atoms with E-state index in [1.165, 1.54) is 32.1 Å². The first-order valence-electron chi connectivity index (χ1n) is 6.60. The van der Waals surface area contributed by atoms with E-state index in [1.54, 1.807) is 6.92 Å². The second-order valence-electron chi connectivity index (χ2n) is 5.18. The van der Waals surface area contributed by atoms with E-state index in [1.807, 2.05) is 0 Å². The molecule has 0 atom stereocenters. The standard InChI is InChI=1S/C14H25NO2/c1-12(2)14(16)17-10-9-15(3)11-13-7-5-4-6-8-13/h13H,1,4-11H2,2-3H3. The lowest BCUT2D eigenvalue weighted by Gasteiger charge is -2.26. The molecule has 0 aromatic heterocycles. The second-order valence-corrected chi connectivity index (χ2v) is 5.18. The fourth-order valence-electron chi connectivity index (χ4n) is 2.32. The molecule has 17 heavy (non-hydrogen) atoms. The van der Waals surface area contributed by atoms with Crippen LogP contribution < -0.4 is 0 Å². The molecule has 0 bridgehead atoms. The molecule has 3 heteroatoms. The highest BCUT2D eigenvalue weighted by molar-refractivity contribution is 5.86. The lowest BCUT2D eigenvalue weighted by molar-refractivity contribution is -0.139. The van der Waals surface area contributed by atoms with E-state index < -0.39 is 0 Å². The third kappa shape index (κ3) is 5.87. The van der Waals surface area contributed by atoms with Gasteiger partial charge in [-0.25, -0.2) is 4.79 Å². The van der Waals surface area contributed by atoms with Crippen molar-refractivity contribution in [2.75, 3.05) is 26.7 Å². The molecule has 1 aliphatic carbocycles. The van der Waals surface area contributed by atoms with Gasteiger partial charge in [-0.1, -0.05) is 25.8 Å². The fraction of sp³-hybridized carbons (Fsp3) is 0.786. The maximum Gasteiger partial charge on any atom is 0.333 e. The summed E-state index contributed by atoms with van der Waals surface area (Å²) in [7, 11) is 2.10. The first kappa shape index (κ1) is 14.2. The monoisotopic (exact) mass is 239 g/mol. The Hall–Kier alpha value is -0.830. The molecule has 1 fully saturated rings. The summed E-state index contributed by atoms with van der Waals surface area (Å²) in [6.45, 7) is 7.64. The summed E-state index contributed by atoms with van der Waals surface area (Å²) in [6, 6.07) is 0. The normalized spacial score (nSPS) is 17.1. The number of ether oxygens (including phenoxy) is 1. The van der Waals surface area contributed by atoms with Crippen molar-refractivity contribution in [3.8, 4) is 0 Å². The van der Waals surface area contributed by atoms with Crippen molar-refractivity contribution in [1.82, 2.24) is 4.90 Å². The second kappa shape index (κ2) is 7.49. The molecule has 0 amide bonds. The zero-order valence-corrected chi connectivity index (χ0v) is 11.2. The molecule has 0 spiro atoms. The van der Waals surface area contributed by atoms with Gasteiger partial charge in [0.05, 0.1) is 0 Å². The number of carbonyl (C=O) groups is 1. The number of esters is 1. The highest BCUT2D eigenvalue weighted by Gasteiger charge is 2.15. The number of likely N-dealkylation sites (N-methyl/N-ethyl adjacent to an activating group) is 1. The molecular weight excluding hydrogens is 214 g/mol. The zero-order chi connectivity index (χ0) is 12.7. The molecule has 0 N–H and O–H groups in total. The molecular formula is C14H25NO2. The van der Waals surface area contributed by atoms with Gasteiger partial charge in [0.1, 0.15) is 6.61 Å². The van der Waals surface area contributed by atoms with E-state index in [-0.39, 0.29) is 5.97 Å². The molecule has 0 unspecified atom stereocenters. The summed E-state index contributed by atoms with van der Waals surface area (Å²) in [4.78, 5) is 13.4. The van der Waals surface area contributed by atoms with Crippen molar-refractivity contribution in [2.45, 2.75) is 39.0 Å².